The standard InChI is InChI=1S/C14H20Cl2N2O2S.ClH/c15-12-5-10(6-13(16)7-12)9-21(19,20)18-14(8-17)11-3-1-2-4-11;/h5-7,11,14,18H,1-4,8-9,17H2;1H. The van der Waals surface area contributed by atoms with Gasteiger partial charge in [0.25, 0.3) is 0 Å². The van der Waals surface area contributed by atoms with E-state index in [0.29, 0.717) is 28.1 Å². The third-order valence-electron chi connectivity index (χ3n) is 3.83. The number of nitrogens with two attached hydrogens (primary N) is 1. The van der Waals surface area contributed by atoms with Crippen LogP contribution in [0.5, 0.6) is 0 Å². The first kappa shape index (κ1) is 20.0. The molecule has 0 aromatic heterocycles. The second-order valence-electron chi connectivity index (χ2n) is 5.54. The molecule has 22 heavy (non-hydrogen) atoms. The van der Waals surface area contributed by atoms with E-state index >= 15 is 0 Å². The Morgan fingerprint density at radius 2 is 1.73 bits per heavy atom. The van der Waals surface area contributed by atoms with Gasteiger partial charge < -0.3 is 5.73 Å². The first-order chi connectivity index (χ1) is 9.89. The maximum atomic E-state index is 12.3. The highest BCUT2D eigenvalue weighted by molar-refractivity contribution is 7.88. The van der Waals surface area contributed by atoms with Crippen LogP contribution in [0.1, 0.15) is 31.2 Å². The van der Waals surface area contributed by atoms with Crippen LogP contribution in [0, 0.1) is 5.92 Å². The first-order valence-corrected chi connectivity index (χ1v) is 9.45. The number of hydrogen-bond donors (Lipinski definition) is 2. The summed E-state index contributed by atoms with van der Waals surface area (Å²) in [4.78, 5) is 0. The highest BCUT2D eigenvalue weighted by atomic mass is 35.5. The maximum absolute atomic E-state index is 12.3. The molecule has 0 saturated heterocycles. The van der Waals surface area contributed by atoms with Gasteiger partial charge in [-0.3, -0.25) is 0 Å². The Labute approximate surface area is 148 Å². The van der Waals surface area contributed by atoms with Crippen molar-refractivity contribution >= 4 is 45.6 Å². The molecule has 0 radical (unpaired) electrons. The van der Waals surface area contributed by atoms with E-state index in [9.17, 15) is 8.42 Å². The molecule has 8 heteroatoms. The van der Waals surface area contributed by atoms with Gasteiger partial charge in [0.2, 0.25) is 10.0 Å². The van der Waals surface area contributed by atoms with E-state index in [4.69, 9.17) is 28.9 Å². The normalized spacial score (nSPS) is 17.2. The van der Waals surface area contributed by atoms with Crippen LogP contribution in [0.2, 0.25) is 10.0 Å². The topological polar surface area (TPSA) is 72.2 Å². The smallest absolute Gasteiger partial charge is 0.216 e. The van der Waals surface area contributed by atoms with Crippen molar-refractivity contribution in [1.29, 1.82) is 0 Å². The summed E-state index contributed by atoms with van der Waals surface area (Å²) in [6.07, 6.45) is 4.36. The SMILES string of the molecule is Cl.NCC(NS(=O)(=O)Cc1cc(Cl)cc(Cl)c1)C1CCCC1. The van der Waals surface area contributed by atoms with Crippen LogP contribution in [0.3, 0.4) is 0 Å². The molecule has 0 aliphatic heterocycles. The van der Waals surface area contributed by atoms with Crippen LogP contribution in [-0.4, -0.2) is 21.0 Å². The predicted molar refractivity (Wildman–Crippen MR) is 94.3 cm³/mol. The molecule has 3 N–H and O–H groups in total. The molecule has 0 amide bonds. The Morgan fingerprint density at radius 1 is 1.18 bits per heavy atom. The Balaban J connectivity index is 0.00000242. The molecule has 0 heterocycles. The minimum atomic E-state index is -3.46. The van der Waals surface area contributed by atoms with Gasteiger partial charge in [0, 0.05) is 22.6 Å². The van der Waals surface area contributed by atoms with Crippen molar-refractivity contribution in [2.45, 2.75) is 37.5 Å². The monoisotopic (exact) mass is 386 g/mol. The van der Waals surface area contributed by atoms with Crippen molar-refractivity contribution in [1.82, 2.24) is 4.72 Å². The summed E-state index contributed by atoms with van der Waals surface area (Å²) in [6, 6.07) is 4.61. The lowest BCUT2D eigenvalue weighted by Crippen LogP contribution is -2.44. The fourth-order valence-electron chi connectivity index (χ4n) is 2.88. The van der Waals surface area contributed by atoms with Crippen molar-refractivity contribution in [2.75, 3.05) is 6.54 Å². The molecule has 1 atom stereocenters. The summed E-state index contributed by atoms with van der Waals surface area (Å²) < 4.78 is 27.3. The van der Waals surface area contributed by atoms with Gasteiger partial charge in [-0.05, 0) is 42.5 Å². The predicted octanol–water partition coefficient (Wildman–Crippen LogP) is 3.35. The average molecular weight is 388 g/mol. The second kappa shape index (κ2) is 8.71. The Bertz CT molecular complexity index is 570. The Hall–Kier alpha value is -0.0400. The minimum Gasteiger partial charge on any atom is -0.329 e. The van der Waals surface area contributed by atoms with E-state index in [-0.39, 0.29) is 24.2 Å². The first-order valence-electron chi connectivity index (χ1n) is 7.04. The van der Waals surface area contributed by atoms with E-state index in [1.165, 1.54) is 0 Å². The molecule has 1 aliphatic carbocycles. The molecule has 1 aliphatic rings. The third kappa shape index (κ3) is 5.87. The molecule has 1 saturated carbocycles. The zero-order valence-electron chi connectivity index (χ0n) is 12.1. The van der Waals surface area contributed by atoms with E-state index < -0.39 is 10.0 Å². The van der Waals surface area contributed by atoms with Gasteiger partial charge >= 0.3 is 0 Å². The van der Waals surface area contributed by atoms with E-state index in [0.717, 1.165) is 25.7 Å². The second-order valence-corrected chi connectivity index (χ2v) is 8.17. The molecule has 1 unspecified atom stereocenters. The molecule has 4 nitrogen and oxygen atoms in total. The van der Waals surface area contributed by atoms with Gasteiger partial charge in [-0.1, -0.05) is 36.0 Å². The van der Waals surface area contributed by atoms with Crippen LogP contribution in [0.4, 0.5) is 0 Å². The lowest BCUT2D eigenvalue weighted by Gasteiger charge is -2.23. The van der Waals surface area contributed by atoms with Crippen molar-refractivity contribution in [3.05, 3.63) is 33.8 Å². The molecule has 126 valence electrons. The summed E-state index contributed by atoms with van der Waals surface area (Å²) in [5.41, 5.74) is 6.30. The number of benzene rings is 1. The lowest BCUT2D eigenvalue weighted by atomic mass is 9.99. The van der Waals surface area contributed by atoms with Crippen molar-refractivity contribution in [3.63, 3.8) is 0 Å². The van der Waals surface area contributed by atoms with Crippen LogP contribution >= 0.6 is 35.6 Å². The van der Waals surface area contributed by atoms with Crippen LogP contribution in [-0.2, 0) is 15.8 Å². The van der Waals surface area contributed by atoms with Gasteiger partial charge in [-0.15, -0.1) is 12.4 Å². The van der Waals surface area contributed by atoms with Gasteiger partial charge in [-0.2, -0.15) is 0 Å². The van der Waals surface area contributed by atoms with Crippen LogP contribution in [0.25, 0.3) is 0 Å². The van der Waals surface area contributed by atoms with Crippen LogP contribution in [0.15, 0.2) is 18.2 Å². The Morgan fingerprint density at radius 3 is 2.23 bits per heavy atom. The third-order valence-corrected chi connectivity index (χ3v) is 5.64. The van der Waals surface area contributed by atoms with Gasteiger partial charge in [0.05, 0.1) is 5.75 Å². The summed E-state index contributed by atoms with van der Waals surface area (Å²) in [6.45, 7) is 0.320. The lowest BCUT2D eigenvalue weighted by molar-refractivity contribution is 0.405. The summed E-state index contributed by atoms with van der Waals surface area (Å²) in [5.74, 6) is 0.198. The zero-order chi connectivity index (χ0) is 15.5. The largest absolute Gasteiger partial charge is 0.329 e. The van der Waals surface area contributed by atoms with Crippen molar-refractivity contribution in [2.24, 2.45) is 11.7 Å². The number of nitrogens with one attached hydrogen (secondary N) is 1. The molecular formula is C14H21Cl3N2O2S. The zero-order valence-corrected chi connectivity index (χ0v) is 15.2. The maximum Gasteiger partial charge on any atom is 0.216 e. The molecular weight excluding hydrogens is 367 g/mol. The highest BCUT2D eigenvalue weighted by Gasteiger charge is 2.27. The fourth-order valence-corrected chi connectivity index (χ4v) is 4.89. The van der Waals surface area contributed by atoms with Crippen LogP contribution < -0.4 is 10.5 Å². The Kier molecular flexibility index (Phi) is 7.92. The van der Waals surface area contributed by atoms with E-state index in [1.807, 2.05) is 0 Å². The summed E-state index contributed by atoms with van der Waals surface area (Å²) >= 11 is 11.8. The van der Waals surface area contributed by atoms with Gasteiger partial charge in [0.15, 0.2) is 0 Å². The molecule has 1 fully saturated rings. The number of halogens is 3. The summed E-state index contributed by atoms with van der Waals surface area (Å²) in [7, 11) is -3.46. The highest BCUT2D eigenvalue weighted by Crippen LogP contribution is 2.28. The molecule has 1 aromatic rings. The van der Waals surface area contributed by atoms with E-state index in [1.54, 1.807) is 18.2 Å². The van der Waals surface area contributed by atoms with E-state index in [2.05, 4.69) is 4.72 Å². The summed E-state index contributed by atoms with van der Waals surface area (Å²) in [5, 5.41) is 0.859. The fraction of sp³-hybridized carbons (Fsp3) is 0.571. The number of sulfonamides is 1. The molecule has 2 rings (SSSR count). The quantitative estimate of drug-likeness (QED) is 0.786. The average Bonchev–Trinajstić information content (AvgIpc) is 2.87. The van der Waals surface area contributed by atoms with Gasteiger partial charge in [-0.25, -0.2) is 13.1 Å². The molecule has 0 spiro atoms. The van der Waals surface area contributed by atoms with Crippen molar-refractivity contribution in [3.8, 4) is 0 Å². The number of hydrogen-bond acceptors (Lipinski definition) is 3. The van der Waals surface area contributed by atoms with Gasteiger partial charge in [0.1, 0.15) is 0 Å². The minimum absolute atomic E-state index is 0. The molecule has 0 bridgehead atoms. The number of rotatable bonds is 6. The molecule has 1 aromatic carbocycles. The van der Waals surface area contributed by atoms with Crippen molar-refractivity contribution < 1.29 is 8.42 Å².